The molecule has 0 unspecified atom stereocenters. The number of ether oxygens (including phenoxy) is 3. The van der Waals surface area contributed by atoms with Gasteiger partial charge < -0.3 is 24.0 Å². The predicted molar refractivity (Wildman–Crippen MR) is 127 cm³/mol. The summed E-state index contributed by atoms with van der Waals surface area (Å²) in [6.07, 6.45) is -4.12. The maximum atomic E-state index is 13.6. The van der Waals surface area contributed by atoms with Crippen molar-refractivity contribution in [2.24, 2.45) is 0 Å². The van der Waals surface area contributed by atoms with Crippen LogP contribution in [0.3, 0.4) is 0 Å². The molecular formula is C24H24ClF3N4O4. The minimum Gasteiger partial charge on any atom is -0.425 e. The summed E-state index contributed by atoms with van der Waals surface area (Å²) in [4.78, 5) is 21.4. The molecule has 1 aliphatic rings. The second-order valence-electron chi connectivity index (χ2n) is 8.13. The number of amides is 1. The van der Waals surface area contributed by atoms with E-state index in [-0.39, 0.29) is 43.4 Å². The van der Waals surface area contributed by atoms with Gasteiger partial charge in [-0.2, -0.15) is 4.98 Å². The molecule has 2 heterocycles. The molecule has 0 N–H and O–H groups in total. The Labute approximate surface area is 210 Å². The molecule has 0 atom stereocenters. The number of alkyl halides is 3. The van der Waals surface area contributed by atoms with Crippen LogP contribution in [0.1, 0.15) is 29.4 Å². The zero-order valence-electron chi connectivity index (χ0n) is 19.6. The summed E-state index contributed by atoms with van der Waals surface area (Å²) < 4.78 is 55.3. The number of nitrogens with zero attached hydrogens (tertiary/aromatic N) is 4. The topological polar surface area (TPSA) is 69.1 Å². The summed E-state index contributed by atoms with van der Waals surface area (Å²) in [7, 11) is 1.72. The highest BCUT2D eigenvalue weighted by atomic mass is 35.5. The molecule has 0 radical (unpaired) electrons. The van der Waals surface area contributed by atoms with Gasteiger partial charge in [-0.15, -0.1) is 13.2 Å². The number of hydrogen-bond acceptors (Lipinski definition) is 6. The Hall–Kier alpha value is -3.44. The number of imidazole rings is 1. The van der Waals surface area contributed by atoms with E-state index in [2.05, 4.69) is 9.72 Å². The fourth-order valence-electron chi connectivity index (χ4n) is 3.73. The van der Waals surface area contributed by atoms with E-state index in [0.29, 0.717) is 17.4 Å². The van der Waals surface area contributed by atoms with Crippen molar-refractivity contribution in [3.05, 3.63) is 64.8 Å². The summed E-state index contributed by atoms with van der Waals surface area (Å²) in [5.74, 6) is -0.356. The first-order valence-electron chi connectivity index (χ1n) is 11.1. The van der Waals surface area contributed by atoms with Gasteiger partial charge in [0.25, 0.3) is 5.91 Å². The lowest BCUT2D eigenvalue weighted by atomic mass is 10.2. The van der Waals surface area contributed by atoms with Crippen molar-refractivity contribution in [1.29, 1.82) is 0 Å². The molecule has 192 valence electrons. The number of fused-ring (bicyclic) bond motifs is 1. The quantitative estimate of drug-likeness (QED) is 0.406. The van der Waals surface area contributed by atoms with Crippen molar-refractivity contribution >= 4 is 23.3 Å². The highest BCUT2D eigenvalue weighted by Gasteiger charge is 2.33. The van der Waals surface area contributed by atoms with Crippen molar-refractivity contribution in [3.63, 3.8) is 0 Å². The minimum atomic E-state index is -4.85. The fraction of sp³-hybridized carbons (Fsp3) is 0.333. The average molecular weight is 525 g/mol. The van der Waals surface area contributed by atoms with E-state index >= 15 is 0 Å². The lowest BCUT2D eigenvalue weighted by molar-refractivity contribution is -0.274. The highest BCUT2D eigenvalue weighted by Crippen LogP contribution is 2.34. The maximum absolute atomic E-state index is 13.6. The van der Waals surface area contributed by atoms with Crippen molar-refractivity contribution in [3.8, 4) is 17.5 Å². The second kappa shape index (κ2) is 10.7. The first-order valence-corrected chi connectivity index (χ1v) is 11.5. The van der Waals surface area contributed by atoms with E-state index < -0.39 is 12.1 Å². The number of carbonyl (C=O) groups excluding carboxylic acids is 1. The van der Waals surface area contributed by atoms with Crippen molar-refractivity contribution in [1.82, 2.24) is 14.5 Å². The molecule has 36 heavy (non-hydrogen) atoms. The Morgan fingerprint density at radius 2 is 1.83 bits per heavy atom. The maximum Gasteiger partial charge on any atom is 0.573 e. The average Bonchev–Trinajstić information content (AvgIpc) is 3.15. The van der Waals surface area contributed by atoms with Gasteiger partial charge in [0.05, 0.1) is 6.54 Å². The molecule has 0 bridgehead atoms. The summed E-state index contributed by atoms with van der Waals surface area (Å²) in [5.41, 5.74) is 1.09. The van der Waals surface area contributed by atoms with Gasteiger partial charge in [0.1, 0.15) is 25.0 Å². The van der Waals surface area contributed by atoms with Gasteiger partial charge in [-0.25, -0.2) is 0 Å². The Balaban J connectivity index is 1.79. The summed E-state index contributed by atoms with van der Waals surface area (Å²) in [6, 6.07) is 12.2. The molecule has 1 aromatic heterocycles. The molecule has 12 heteroatoms. The van der Waals surface area contributed by atoms with E-state index in [0.717, 1.165) is 24.1 Å². The molecule has 0 fully saturated rings. The Morgan fingerprint density at radius 1 is 1.11 bits per heavy atom. The third-order valence-corrected chi connectivity index (χ3v) is 5.55. The van der Waals surface area contributed by atoms with Gasteiger partial charge in [-0.05, 0) is 36.2 Å². The van der Waals surface area contributed by atoms with Gasteiger partial charge in [0.15, 0.2) is 11.5 Å². The second-order valence-corrected chi connectivity index (χ2v) is 8.57. The van der Waals surface area contributed by atoms with Crippen LogP contribution >= 0.6 is 11.6 Å². The highest BCUT2D eigenvalue weighted by molar-refractivity contribution is 6.30. The first kappa shape index (κ1) is 25.6. The zero-order valence-corrected chi connectivity index (χ0v) is 20.3. The molecule has 1 aliphatic heterocycles. The predicted octanol–water partition coefficient (Wildman–Crippen LogP) is 5.51. The first-order chi connectivity index (χ1) is 17.1. The molecule has 4 rings (SSSR count). The van der Waals surface area contributed by atoms with Crippen LogP contribution in [-0.4, -0.2) is 53.8 Å². The fourth-order valence-corrected chi connectivity index (χ4v) is 3.85. The van der Waals surface area contributed by atoms with E-state index in [4.69, 9.17) is 21.1 Å². The number of aromatic nitrogens is 2. The Morgan fingerprint density at radius 3 is 2.53 bits per heavy atom. The van der Waals surface area contributed by atoms with E-state index in [9.17, 15) is 18.0 Å². The molecular weight excluding hydrogens is 501 g/mol. The smallest absolute Gasteiger partial charge is 0.425 e. The molecule has 0 aliphatic carbocycles. The van der Waals surface area contributed by atoms with E-state index in [1.54, 1.807) is 45.7 Å². The molecule has 8 nitrogen and oxygen atoms in total. The third kappa shape index (κ3) is 6.03. The van der Waals surface area contributed by atoms with E-state index in [1.807, 2.05) is 6.92 Å². The molecule has 0 saturated heterocycles. The van der Waals surface area contributed by atoms with Crippen LogP contribution in [0.4, 0.5) is 19.0 Å². The molecule has 1 amide bonds. The van der Waals surface area contributed by atoms with Gasteiger partial charge in [-0.3, -0.25) is 9.36 Å². The van der Waals surface area contributed by atoms with Crippen molar-refractivity contribution < 1.29 is 32.2 Å². The number of halogens is 4. The van der Waals surface area contributed by atoms with Gasteiger partial charge >= 0.3 is 12.4 Å². The summed E-state index contributed by atoms with van der Waals surface area (Å²) in [6.45, 7) is 2.91. The number of carbonyl (C=O) groups is 1. The molecule has 0 saturated carbocycles. The van der Waals surface area contributed by atoms with Crippen LogP contribution in [0.25, 0.3) is 0 Å². The number of rotatable bonds is 7. The zero-order chi connectivity index (χ0) is 25.9. The standard InChI is InChI=1S/C24H24ClF3N4O4/c1-3-11-31-15-34-14-30(2)21-20(22(31)33)32(13-16-7-9-17(25)10-8-16)23(29-21)35-18-5-4-6-19(12-18)36-24(26,27)28/h4-10,12H,3,11,13-15H2,1-2H3. The molecule has 3 aromatic rings. The van der Waals surface area contributed by atoms with Gasteiger partial charge in [0, 0.05) is 24.7 Å². The van der Waals surface area contributed by atoms with Crippen LogP contribution < -0.4 is 14.4 Å². The van der Waals surface area contributed by atoms with Crippen LogP contribution in [0.5, 0.6) is 17.5 Å². The molecule has 2 aromatic carbocycles. The molecule has 0 spiro atoms. The number of hydrogen-bond donors (Lipinski definition) is 0. The number of benzene rings is 2. The minimum absolute atomic E-state index is 0.0256. The van der Waals surface area contributed by atoms with Gasteiger partial charge in [0.2, 0.25) is 0 Å². The van der Waals surface area contributed by atoms with Crippen LogP contribution in [0.15, 0.2) is 48.5 Å². The summed E-state index contributed by atoms with van der Waals surface area (Å²) in [5, 5.41) is 0.555. The largest absolute Gasteiger partial charge is 0.573 e. The lowest BCUT2D eigenvalue weighted by Crippen LogP contribution is -2.40. The monoisotopic (exact) mass is 524 g/mol. The van der Waals surface area contributed by atoms with Crippen molar-refractivity contribution in [2.75, 3.05) is 32.0 Å². The van der Waals surface area contributed by atoms with E-state index in [1.165, 1.54) is 12.1 Å². The summed E-state index contributed by atoms with van der Waals surface area (Å²) >= 11 is 6.03. The normalized spacial score (nSPS) is 14.3. The van der Waals surface area contributed by atoms with Crippen LogP contribution in [0.2, 0.25) is 5.02 Å². The SMILES string of the molecule is CCCN1COCN(C)c2nc(Oc3cccc(OC(F)(F)F)c3)n(Cc3ccc(Cl)cc3)c2C1=O. The Kier molecular flexibility index (Phi) is 7.60. The van der Waals surface area contributed by atoms with Crippen LogP contribution in [-0.2, 0) is 11.3 Å². The van der Waals surface area contributed by atoms with Crippen molar-refractivity contribution in [2.45, 2.75) is 26.3 Å². The van der Waals surface area contributed by atoms with Crippen LogP contribution in [0, 0.1) is 0 Å². The lowest BCUT2D eigenvalue weighted by Gasteiger charge is -2.28. The number of anilines is 1. The Bertz CT molecular complexity index is 1220. The third-order valence-electron chi connectivity index (χ3n) is 5.29. The van der Waals surface area contributed by atoms with Gasteiger partial charge in [-0.1, -0.05) is 36.7 Å².